The van der Waals surface area contributed by atoms with Gasteiger partial charge in [0, 0.05) is 12.7 Å². The lowest BCUT2D eigenvalue weighted by Crippen LogP contribution is -2.17. The van der Waals surface area contributed by atoms with E-state index >= 15 is 0 Å². The van der Waals surface area contributed by atoms with Crippen LogP contribution in [0, 0.1) is 0 Å². The number of ether oxygens (including phenoxy) is 3. The van der Waals surface area contributed by atoms with Crippen LogP contribution in [0.4, 0.5) is 0 Å². The quantitative estimate of drug-likeness (QED) is 0.301. The summed E-state index contributed by atoms with van der Waals surface area (Å²) < 4.78 is 22.7. The zero-order chi connectivity index (χ0) is 21.2. The topological polar surface area (TPSA) is 54.0 Å². The molecule has 0 saturated heterocycles. The van der Waals surface area contributed by atoms with Gasteiger partial charge in [-0.25, -0.2) is 0 Å². The molecule has 0 spiro atoms. The summed E-state index contributed by atoms with van der Waals surface area (Å²) in [5, 5.41) is 1.21. The van der Waals surface area contributed by atoms with Crippen LogP contribution in [-0.4, -0.2) is 38.6 Å². The highest BCUT2D eigenvalue weighted by atomic mass is 35.5. The fourth-order valence-corrected chi connectivity index (χ4v) is 4.98. The van der Waals surface area contributed by atoms with E-state index in [-0.39, 0.29) is 27.7 Å². The van der Waals surface area contributed by atoms with E-state index in [0.717, 1.165) is 0 Å². The van der Waals surface area contributed by atoms with Crippen molar-refractivity contribution in [3.63, 3.8) is 0 Å². The van der Waals surface area contributed by atoms with Crippen LogP contribution in [-0.2, 0) is 9.26 Å². The minimum atomic E-state index is -1.76. The molecule has 0 aliphatic heterocycles. The van der Waals surface area contributed by atoms with Gasteiger partial charge in [-0.05, 0) is 45.0 Å². The highest BCUT2D eigenvalue weighted by Gasteiger charge is 2.30. The van der Waals surface area contributed by atoms with E-state index in [9.17, 15) is 4.79 Å². The molecule has 0 fully saturated rings. The summed E-state index contributed by atoms with van der Waals surface area (Å²) in [5.74, 6) is 1.20. The highest BCUT2D eigenvalue weighted by Crippen LogP contribution is 2.46. The fourth-order valence-electron chi connectivity index (χ4n) is 2.56. The first kappa shape index (κ1) is 23.9. The van der Waals surface area contributed by atoms with Gasteiger partial charge >= 0.3 is 0 Å². The molecule has 0 saturated carbocycles. The minimum Gasteiger partial charge on any atom is -0.494 e. The minimum absolute atomic E-state index is 0.245. The summed E-state index contributed by atoms with van der Waals surface area (Å²) in [6.07, 6.45) is 0. The number of carbonyl (C=O) groups excluding carboxylic acids is 1. The van der Waals surface area contributed by atoms with Crippen molar-refractivity contribution in [2.24, 2.45) is 0 Å². The Kier molecular flexibility index (Phi) is 10.2. The zero-order valence-electron chi connectivity index (χ0n) is 16.7. The van der Waals surface area contributed by atoms with Crippen molar-refractivity contribution >= 4 is 42.2 Å². The van der Waals surface area contributed by atoms with Crippen molar-refractivity contribution in [3.8, 4) is 11.5 Å². The third-order valence-electron chi connectivity index (χ3n) is 3.77. The van der Waals surface area contributed by atoms with Crippen molar-refractivity contribution in [2.45, 2.75) is 20.8 Å². The van der Waals surface area contributed by atoms with Crippen LogP contribution in [0.3, 0.4) is 0 Å². The molecule has 0 aliphatic carbocycles. The van der Waals surface area contributed by atoms with E-state index < -0.39 is 8.15 Å². The standard InChI is InChI=1S/C21H25Cl2O5P/c1-4-25-12-13-28-29(21(24)20-16(22)8-7-9-17(20)23)19-11-10-15(26-5-2)14-18(19)27-6-3/h7-11,14H,4-6,12-13H2,1-3H3. The van der Waals surface area contributed by atoms with Crippen LogP contribution in [0.5, 0.6) is 11.5 Å². The van der Waals surface area contributed by atoms with Gasteiger partial charge in [0.15, 0.2) is 0 Å². The number of halogens is 2. The predicted octanol–water partition coefficient (Wildman–Crippen LogP) is 5.71. The van der Waals surface area contributed by atoms with E-state index in [1.807, 2.05) is 20.8 Å². The molecule has 0 bridgehead atoms. The van der Waals surface area contributed by atoms with Gasteiger partial charge in [-0.3, -0.25) is 4.79 Å². The Balaban J connectivity index is 2.45. The van der Waals surface area contributed by atoms with Gasteiger partial charge in [0.2, 0.25) is 5.52 Å². The molecule has 0 aromatic heterocycles. The summed E-state index contributed by atoms with van der Waals surface area (Å²) in [4.78, 5) is 13.4. The molecule has 1 atom stereocenters. The lowest BCUT2D eigenvalue weighted by atomic mass is 10.2. The van der Waals surface area contributed by atoms with Crippen LogP contribution < -0.4 is 14.8 Å². The third-order valence-corrected chi connectivity index (χ3v) is 6.24. The third kappa shape index (κ3) is 6.56. The molecule has 2 rings (SSSR count). The van der Waals surface area contributed by atoms with Gasteiger partial charge in [0.25, 0.3) is 0 Å². The molecule has 2 aromatic carbocycles. The molecule has 0 aliphatic rings. The average Bonchev–Trinajstić information content (AvgIpc) is 2.69. The SMILES string of the molecule is CCOCCOP(C(=O)c1c(Cl)cccc1Cl)c1ccc(OCC)cc1OCC. The lowest BCUT2D eigenvalue weighted by molar-refractivity contribution is 0.102. The van der Waals surface area contributed by atoms with Gasteiger partial charge in [-0.15, -0.1) is 0 Å². The largest absolute Gasteiger partial charge is 0.494 e. The van der Waals surface area contributed by atoms with Crippen LogP contribution in [0.2, 0.25) is 10.0 Å². The molecule has 0 radical (unpaired) electrons. The van der Waals surface area contributed by atoms with Crippen LogP contribution >= 0.6 is 31.4 Å². The molecule has 1 unspecified atom stereocenters. The van der Waals surface area contributed by atoms with Crippen LogP contribution in [0.25, 0.3) is 0 Å². The second-order valence-corrected chi connectivity index (χ2v) is 8.27. The highest BCUT2D eigenvalue weighted by molar-refractivity contribution is 7.78. The van der Waals surface area contributed by atoms with E-state index in [1.54, 1.807) is 36.4 Å². The Hall–Kier alpha value is -1.36. The monoisotopic (exact) mass is 458 g/mol. The first-order chi connectivity index (χ1) is 14.0. The van der Waals surface area contributed by atoms with Gasteiger partial charge in [-0.1, -0.05) is 29.3 Å². The van der Waals surface area contributed by atoms with Gasteiger partial charge in [0.05, 0.1) is 47.3 Å². The predicted molar refractivity (Wildman–Crippen MR) is 119 cm³/mol. The molecule has 5 nitrogen and oxygen atoms in total. The van der Waals surface area contributed by atoms with Crippen LogP contribution in [0.15, 0.2) is 36.4 Å². The zero-order valence-corrected chi connectivity index (χ0v) is 19.2. The Morgan fingerprint density at radius 1 is 0.931 bits per heavy atom. The summed E-state index contributed by atoms with van der Waals surface area (Å²) in [7, 11) is -1.76. The van der Waals surface area contributed by atoms with Gasteiger partial charge in [-0.2, -0.15) is 0 Å². The van der Waals surface area contributed by atoms with E-state index in [0.29, 0.717) is 43.2 Å². The summed E-state index contributed by atoms with van der Waals surface area (Å²) in [6, 6.07) is 10.3. The number of rotatable bonds is 12. The maximum atomic E-state index is 13.4. The molecule has 29 heavy (non-hydrogen) atoms. The number of hydrogen-bond acceptors (Lipinski definition) is 5. The summed E-state index contributed by atoms with van der Waals surface area (Å²) in [5.41, 5.74) is -0.0353. The molecule has 158 valence electrons. The van der Waals surface area contributed by atoms with Gasteiger partial charge in [0.1, 0.15) is 19.6 Å². The number of benzene rings is 2. The molecular weight excluding hydrogens is 434 g/mol. The Morgan fingerprint density at radius 2 is 1.62 bits per heavy atom. The fraction of sp³-hybridized carbons (Fsp3) is 0.381. The molecule has 2 aromatic rings. The second-order valence-electron chi connectivity index (χ2n) is 5.72. The molecule has 8 heteroatoms. The summed E-state index contributed by atoms with van der Waals surface area (Å²) in [6.45, 7) is 7.84. The van der Waals surface area contributed by atoms with E-state index in [2.05, 4.69) is 0 Å². The molecular formula is C21H25Cl2O5P. The molecule has 0 heterocycles. The number of carbonyl (C=O) groups is 1. The van der Waals surface area contributed by atoms with Crippen molar-refractivity contribution < 1.29 is 23.5 Å². The van der Waals surface area contributed by atoms with Crippen LogP contribution in [0.1, 0.15) is 31.1 Å². The average molecular weight is 459 g/mol. The first-order valence-corrected chi connectivity index (χ1v) is 11.4. The molecule has 0 N–H and O–H groups in total. The lowest BCUT2D eigenvalue weighted by Gasteiger charge is -2.21. The van der Waals surface area contributed by atoms with Crippen molar-refractivity contribution in [1.82, 2.24) is 0 Å². The van der Waals surface area contributed by atoms with Gasteiger partial charge < -0.3 is 18.7 Å². The number of hydrogen-bond donors (Lipinski definition) is 0. The van der Waals surface area contributed by atoms with E-state index in [1.165, 1.54) is 0 Å². The Morgan fingerprint density at radius 3 is 2.24 bits per heavy atom. The summed E-state index contributed by atoms with van der Waals surface area (Å²) >= 11 is 12.6. The van der Waals surface area contributed by atoms with Crippen molar-refractivity contribution in [2.75, 3.05) is 33.0 Å². The van der Waals surface area contributed by atoms with E-state index in [4.69, 9.17) is 41.9 Å². The maximum Gasteiger partial charge on any atom is 0.219 e. The smallest absolute Gasteiger partial charge is 0.219 e. The normalized spacial score (nSPS) is 11.9. The second kappa shape index (κ2) is 12.4. The van der Waals surface area contributed by atoms with Crippen molar-refractivity contribution in [1.29, 1.82) is 0 Å². The maximum absolute atomic E-state index is 13.4. The Bertz CT molecular complexity index is 795. The van der Waals surface area contributed by atoms with Crippen molar-refractivity contribution in [3.05, 3.63) is 52.0 Å². The first-order valence-electron chi connectivity index (χ1n) is 9.42. The Labute approximate surface area is 183 Å². The molecule has 0 amide bonds.